The molecule has 1 N–H and O–H groups in total. The van der Waals surface area contributed by atoms with E-state index in [-0.39, 0.29) is 29.8 Å². The minimum atomic E-state index is -4.59. The Morgan fingerprint density at radius 3 is 2.63 bits per heavy atom. The fourth-order valence-electron chi connectivity index (χ4n) is 2.99. The molecule has 2 aliphatic heterocycles. The third-order valence-electron chi connectivity index (χ3n) is 4.63. The van der Waals surface area contributed by atoms with Crippen LogP contribution in [0, 0.1) is 0 Å². The van der Waals surface area contributed by atoms with E-state index in [1.807, 2.05) is 18.1 Å². The number of carbonyl (C=O) groups excluding carboxylic acids is 1. The predicted molar refractivity (Wildman–Crippen MR) is 109 cm³/mol. The largest absolute Gasteiger partial charge is 0.464 e. The average Bonchev–Trinajstić information content (AvgIpc) is 2.67. The summed E-state index contributed by atoms with van der Waals surface area (Å²) in [6.45, 7) is 3.39. The number of ether oxygens (including phenoxy) is 2. The van der Waals surface area contributed by atoms with Gasteiger partial charge in [0.25, 0.3) is 5.91 Å². The number of fused-ring (bicyclic) bond motifs is 2. The standard InChI is InChI=1S/C20H24F3N3O3.ClH/c1-25-10-12-26(13-11-25)24-18(27)7-5-3-2-4-6-15-8-9-16-14-17(15)29-19(28-16)20(21,22)23;/h2-3,5,7-9,14,19H,4,6,10-13H2,1H3,(H,24,27);1H/b3-2+,7-5+;. The molecule has 2 bridgehead atoms. The molecule has 1 aromatic carbocycles. The molecule has 1 atom stereocenters. The number of benzene rings is 1. The fourth-order valence-corrected chi connectivity index (χ4v) is 2.99. The Morgan fingerprint density at radius 1 is 1.20 bits per heavy atom. The number of piperazine rings is 1. The van der Waals surface area contributed by atoms with Crippen molar-refractivity contribution in [3.63, 3.8) is 0 Å². The number of aryl methyl sites for hydroxylation is 1. The minimum Gasteiger partial charge on any atom is -0.447 e. The van der Waals surface area contributed by atoms with E-state index in [2.05, 4.69) is 10.3 Å². The number of alkyl halides is 3. The molecule has 0 aliphatic carbocycles. The SMILES string of the molecule is CN1CCN(NC(=O)/C=C/C=C/CCc2ccc3cc2OC(C(F)(F)F)O3)CC1.Cl. The van der Waals surface area contributed by atoms with E-state index in [9.17, 15) is 18.0 Å². The van der Waals surface area contributed by atoms with Crippen molar-refractivity contribution in [2.75, 3.05) is 33.2 Å². The second kappa shape index (κ2) is 10.7. The second-order valence-corrected chi connectivity index (χ2v) is 6.97. The highest BCUT2D eigenvalue weighted by molar-refractivity contribution is 5.87. The number of carbonyl (C=O) groups is 1. The van der Waals surface area contributed by atoms with E-state index in [1.54, 1.807) is 18.2 Å². The van der Waals surface area contributed by atoms with Crippen LogP contribution in [-0.4, -0.2) is 61.5 Å². The number of nitrogens with zero attached hydrogens (tertiary/aromatic N) is 2. The first-order chi connectivity index (χ1) is 13.8. The van der Waals surface area contributed by atoms with Gasteiger partial charge in [0.15, 0.2) is 0 Å². The summed E-state index contributed by atoms with van der Waals surface area (Å²) in [5.74, 6) is 0.138. The molecule has 1 amide bonds. The summed E-state index contributed by atoms with van der Waals surface area (Å²) in [4.78, 5) is 14.1. The summed E-state index contributed by atoms with van der Waals surface area (Å²) in [5, 5.41) is 1.89. The molecule has 2 heterocycles. The molecule has 166 valence electrons. The Hall–Kier alpha value is -2.23. The molecular weight excluding hydrogens is 423 g/mol. The van der Waals surface area contributed by atoms with Crippen molar-refractivity contribution in [1.29, 1.82) is 0 Å². The van der Waals surface area contributed by atoms with Gasteiger partial charge in [-0.2, -0.15) is 13.2 Å². The van der Waals surface area contributed by atoms with Crippen LogP contribution in [0.3, 0.4) is 0 Å². The van der Waals surface area contributed by atoms with Gasteiger partial charge in [0.2, 0.25) is 0 Å². The van der Waals surface area contributed by atoms with Gasteiger partial charge in [0.05, 0.1) is 0 Å². The molecule has 0 radical (unpaired) electrons. The number of rotatable bonds is 6. The van der Waals surface area contributed by atoms with Crippen LogP contribution in [0.5, 0.6) is 11.5 Å². The van der Waals surface area contributed by atoms with E-state index >= 15 is 0 Å². The van der Waals surface area contributed by atoms with Gasteiger partial charge in [0.1, 0.15) is 11.5 Å². The zero-order chi connectivity index (χ0) is 20.9. The van der Waals surface area contributed by atoms with Crippen molar-refractivity contribution in [3.05, 3.63) is 48.1 Å². The Kier molecular flexibility index (Phi) is 8.57. The van der Waals surface area contributed by atoms with Gasteiger partial charge in [-0.05, 0) is 31.5 Å². The van der Waals surface area contributed by atoms with Gasteiger partial charge in [-0.1, -0.05) is 24.3 Å². The van der Waals surface area contributed by atoms with E-state index in [4.69, 9.17) is 9.47 Å². The highest BCUT2D eigenvalue weighted by Gasteiger charge is 2.46. The second-order valence-electron chi connectivity index (χ2n) is 6.97. The molecule has 6 nitrogen and oxygen atoms in total. The number of nitrogens with one attached hydrogen (secondary N) is 1. The summed E-state index contributed by atoms with van der Waals surface area (Å²) in [7, 11) is 2.04. The average molecular weight is 448 g/mol. The lowest BCUT2D eigenvalue weighted by Crippen LogP contribution is -2.52. The lowest BCUT2D eigenvalue weighted by molar-refractivity contribution is -0.257. The van der Waals surface area contributed by atoms with E-state index < -0.39 is 12.5 Å². The topological polar surface area (TPSA) is 54.0 Å². The van der Waals surface area contributed by atoms with Crippen LogP contribution in [0.1, 0.15) is 12.0 Å². The zero-order valence-corrected chi connectivity index (χ0v) is 17.3. The van der Waals surface area contributed by atoms with E-state index in [0.29, 0.717) is 18.4 Å². The lowest BCUT2D eigenvalue weighted by Gasteiger charge is -2.31. The summed E-state index contributed by atoms with van der Waals surface area (Å²) in [5.41, 5.74) is 3.50. The first kappa shape index (κ1) is 24.0. The van der Waals surface area contributed by atoms with Crippen LogP contribution in [-0.2, 0) is 11.2 Å². The highest BCUT2D eigenvalue weighted by atomic mass is 35.5. The van der Waals surface area contributed by atoms with Crippen molar-refractivity contribution in [2.24, 2.45) is 0 Å². The zero-order valence-electron chi connectivity index (χ0n) is 16.5. The molecular formula is C20H25ClF3N3O3. The molecule has 1 saturated heterocycles. The number of hydrogen-bond donors (Lipinski definition) is 1. The maximum absolute atomic E-state index is 12.8. The Bertz CT molecular complexity index is 778. The van der Waals surface area contributed by atoms with Crippen LogP contribution >= 0.6 is 12.4 Å². The number of likely N-dealkylation sites (N-methyl/N-ethyl adjacent to an activating group) is 1. The van der Waals surface area contributed by atoms with Crippen molar-refractivity contribution >= 4 is 18.3 Å². The summed E-state index contributed by atoms with van der Waals surface area (Å²) in [6.07, 6.45) is 0.929. The van der Waals surface area contributed by atoms with Crippen LogP contribution in [0.25, 0.3) is 0 Å². The summed E-state index contributed by atoms with van der Waals surface area (Å²) < 4.78 is 48.1. The Balaban J connectivity index is 0.00000320. The van der Waals surface area contributed by atoms with Gasteiger partial charge in [-0.15, -0.1) is 12.4 Å². The van der Waals surface area contributed by atoms with Crippen molar-refractivity contribution < 1.29 is 27.4 Å². The molecule has 1 fully saturated rings. The Labute approximate surface area is 179 Å². The molecule has 0 spiro atoms. The molecule has 2 aliphatic rings. The smallest absolute Gasteiger partial charge is 0.447 e. The normalized spacial score (nSPS) is 19.9. The van der Waals surface area contributed by atoms with Gasteiger partial charge in [-0.25, -0.2) is 5.01 Å². The third-order valence-corrected chi connectivity index (χ3v) is 4.63. The van der Waals surface area contributed by atoms with Gasteiger partial charge in [-0.3, -0.25) is 10.2 Å². The molecule has 1 unspecified atom stereocenters. The molecule has 30 heavy (non-hydrogen) atoms. The maximum atomic E-state index is 12.8. The lowest BCUT2D eigenvalue weighted by atomic mass is 10.1. The quantitative estimate of drug-likeness (QED) is 0.536. The first-order valence-electron chi connectivity index (χ1n) is 9.41. The third kappa shape index (κ3) is 6.93. The minimum absolute atomic E-state index is 0. The van der Waals surface area contributed by atoms with Crippen molar-refractivity contribution in [2.45, 2.75) is 25.3 Å². The fraction of sp³-hybridized carbons (Fsp3) is 0.450. The predicted octanol–water partition coefficient (Wildman–Crippen LogP) is 3.09. The number of hydrogen-bond acceptors (Lipinski definition) is 5. The molecule has 3 rings (SSSR count). The summed E-state index contributed by atoms with van der Waals surface area (Å²) >= 11 is 0. The van der Waals surface area contributed by atoms with Crippen LogP contribution in [0.2, 0.25) is 0 Å². The van der Waals surface area contributed by atoms with E-state index in [1.165, 1.54) is 18.2 Å². The molecule has 1 aromatic rings. The number of halogens is 4. The van der Waals surface area contributed by atoms with Gasteiger partial charge in [0, 0.05) is 38.3 Å². The molecule has 0 saturated carbocycles. The van der Waals surface area contributed by atoms with Crippen LogP contribution < -0.4 is 14.9 Å². The first-order valence-corrected chi connectivity index (χ1v) is 9.41. The van der Waals surface area contributed by atoms with Crippen molar-refractivity contribution in [1.82, 2.24) is 15.3 Å². The molecule has 0 aromatic heterocycles. The molecule has 10 heteroatoms. The van der Waals surface area contributed by atoms with E-state index in [0.717, 1.165) is 26.2 Å². The summed E-state index contributed by atoms with van der Waals surface area (Å²) in [6, 6.07) is 4.67. The van der Waals surface area contributed by atoms with Gasteiger partial charge >= 0.3 is 12.5 Å². The van der Waals surface area contributed by atoms with Gasteiger partial charge < -0.3 is 14.4 Å². The number of hydrazine groups is 1. The van der Waals surface area contributed by atoms with Crippen LogP contribution in [0.4, 0.5) is 13.2 Å². The van der Waals surface area contributed by atoms with Crippen LogP contribution in [0.15, 0.2) is 42.5 Å². The monoisotopic (exact) mass is 447 g/mol. The highest BCUT2D eigenvalue weighted by Crippen LogP contribution is 2.36. The van der Waals surface area contributed by atoms with Crippen molar-refractivity contribution in [3.8, 4) is 11.5 Å². The number of allylic oxidation sites excluding steroid dienone is 3. The number of amides is 1. The Morgan fingerprint density at radius 2 is 1.93 bits per heavy atom. The maximum Gasteiger partial charge on any atom is 0.464 e.